The van der Waals surface area contributed by atoms with E-state index in [1.165, 1.54) is 0 Å². The van der Waals surface area contributed by atoms with Gasteiger partial charge in [-0.3, -0.25) is 0 Å². The molecule has 84 valence electrons. The predicted molar refractivity (Wildman–Crippen MR) is 54.3 cm³/mol. The summed E-state index contributed by atoms with van der Waals surface area (Å²) in [6.45, 7) is 5.41. The lowest BCUT2D eigenvalue weighted by atomic mass is 10.1. The first kappa shape index (κ1) is 10.6. The van der Waals surface area contributed by atoms with Gasteiger partial charge in [-0.1, -0.05) is 0 Å². The Kier molecular flexibility index (Phi) is 3.33. The minimum atomic E-state index is 0.328. The zero-order chi connectivity index (χ0) is 10.7. The predicted octanol–water partition coefficient (Wildman–Crippen LogP) is 1.04. The summed E-state index contributed by atoms with van der Waals surface area (Å²) in [5.74, 6) is 1.24. The van der Waals surface area contributed by atoms with E-state index in [0.717, 1.165) is 19.4 Å². The van der Waals surface area contributed by atoms with Crippen molar-refractivity contribution < 1.29 is 9.15 Å². The lowest BCUT2D eigenvalue weighted by molar-refractivity contribution is 0.0824. The summed E-state index contributed by atoms with van der Waals surface area (Å²) >= 11 is 0. The summed E-state index contributed by atoms with van der Waals surface area (Å²) in [4.78, 5) is 0. The third kappa shape index (κ3) is 2.76. The molecule has 15 heavy (non-hydrogen) atoms. The van der Waals surface area contributed by atoms with Gasteiger partial charge in [0.1, 0.15) is 0 Å². The van der Waals surface area contributed by atoms with Gasteiger partial charge >= 0.3 is 0 Å². The molecule has 1 saturated heterocycles. The summed E-state index contributed by atoms with van der Waals surface area (Å²) in [5, 5.41) is 11.0. The number of rotatable bonds is 4. The van der Waals surface area contributed by atoms with Crippen molar-refractivity contribution >= 4 is 0 Å². The highest BCUT2D eigenvalue weighted by Gasteiger charge is 2.22. The monoisotopic (exact) mass is 211 g/mol. The Hall–Kier alpha value is -0.940. The van der Waals surface area contributed by atoms with Crippen LogP contribution in [0.1, 0.15) is 31.5 Å². The van der Waals surface area contributed by atoms with E-state index >= 15 is 0 Å². The van der Waals surface area contributed by atoms with Gasteiger partial charge in [-0.25, -0.2) is 0 Å². The molecule has 1 N–H and O–H groups in total. The van der Waals surface area contributed by atoms with Crippen LogP contribution in [0.25, 0.3) is 0 Å². The molecule has 0 spiro atoms. The van der Waals surface area contributed by atoms with Gasteiger partial charge in [-0.05, 0) is 19.8 Å². The summed E-state index contributed by atoms with van der Waals surface area (Å²) in [6.07, 6.45) is 2.63. The molecule has 0 bridgehead atoms. The number of aromatic nitrogens is 2. The molecule has 0 amide bonds. The van der Waals surface area contributed by atoms with Gasteiger partial charge in [0.05, 0.1) is 12.6 Å². The Morgan fingerprint density at radius 1 is 1.53 bits per heavy atom. The van der Waals surface area contributed by atoms with E-state index in [9.17, 15) is 0 Å². The van der Waals surface area contributed by atoms with Crippen LogP contribution in [-0.2, 0) is 11.3 Å². The lowest BCUT2D eigenvalue weighted by Crippen LogP contribution is -2.36. The van der Waals surface area contributed by atoms with Crippen LogP contribution in [-0.4, -0.2) is 29.0 Å². The number of aryl methyl sites for hydroxylation is 1. The van der Waals surface area contributed by atoms with Crippen molar-refractivity contribution in [1.82, 2.24) is 15.5 Å². The highest BCUT2D eigenvalue weighted by molar-refractivity contribution is 4.82. The third-order valence-electron chi connectivity index (χ3n) is 2.67. The molecule has 2 heterocycles. The zero-order valence-corrected chi connectivity index (χ0v) is 9.19. The molecular formula is C10H17N3O2. The molecule has 2 atom stereocenters. The van der Waals surface area contributed by atoms with Crippen molar-refractivity contribution in [2.75, 3.05) is 6.61 Å². The van der Waals surface area contributed by atoms with Crippen molar-refractivity contribution in [2.45, 2.75) is 45.4 Å². The standard InChI is InChI=1S/C10H17N3O2/c1-7(9-4-3-5-14-9)11-6-10-13-12-8(2)15-10/h7,9,11H,3-6H2,1-2H3. The number of ether oxygens (including phenoxy) is 1. The SMILES string of the molecule is Cc1nnc(CNC(C)C2CCCO2)o1. The molecule has 5 heteroatoms. The first-order valence-electron chi connectivity index (χ1n) is 5.39. The second kappa shape index (κ2) is 4.72. The maximum absolute atomic E-state index is 5.58. The summed E-state index contributed by atoms with van der Waals surface area (Å²) in [5.41, 5.74) is 0. The second-order valence-electron chi connectivity index (χ2n) is 3.94. The molecule has 2 rings (SSSR count). The third-order valence-corrected chi connectivity index (χ3v) is 2.67. The molecule has 1 aromatic rings. The minimum Gasteiger partial charge on any atom is -0.424 e. The van der Waals surface area contributed by atoms with Gasteiger partial charge in [-0.2, -0.15) is 0 Å². The van der Waals surface area contributed by atoms with Crippen LogP contribution in [0, 0.1) is 6.92 Å². The van der Waals surface area contributed by atoms with Gasteiger partial charge in [0, 0.05) is 19.6 Å². The molecule has 1 fully saturated rings. The van der Waals surface area contributed by atoms with E-state index in [1.807, 2.05) is 0 Å². The smallest absolute Gasteiger partial charge is 0.230 e. The average Bonchev–Trinajstić information content (AvgIpc) is 2.84. The molecule has 0 aliphatic carbocycles. The zero-order valence-electron chi connectivity index (χ0n) is 9.19. The minimum absolute atomic E-state index is 0.328. The molecule has 2 unspecified atom stereocenters. The molecule has 1 aromatic heterocycles. The van der Waals surface area contributed by atoms with E-state index < -0.39 is 0 Å². The van der Waals surface area contributed by atoms with E-state index in [4.69, 9.17) is 9.15 Å². The Balaban J connectivity index is 1.77. The van der Waals surface area contributed by atoms with Crippen LogP contribution in [0.15, 0.2) is 4.42 Å². The van der Waals surface area contributed by atoms with Crippen molar-refractivity contribution in [3.8, 4) is 0 Å². The van der Waals surface area contributed by atoms with Crippen LogP contribution < -0.4 is 5.32 Å². The average molecular weight is 211 g/mol. The maximum atomic E-state index is 5.58. The van der Waals surface area contributed by atoms with Crippen LogP contribution in [0.3, 0.4) is 0 Å². The van der Waals surface area contributed by atoms with Crippen LogP contribution in [0.4, 0.5) is 0 Å². The van der Waals surface area contributed by atoms with Crippen molar-refractivity contribution in [1.29, 1.82) is 0 Å². The highest BCUT2D eigenvalue weighted by Crippen LogP contribution is 2.15. The van der Waals surface area contributed by atoms with E-state index in [-0.39, 0.29) is 0 Å². The fourth-order valence-electron chi connectivity index (χ4n) is 1.79. The Labute approximate surface area is 89.2 Å². The second-order valence-corrected chi connectivity index (χ2v) is 3.94. The fraction of sp³-hybridized carbons (Fsp3) is 0.800. The number of hydrogen-bond acceptors (Lipinski definition) is 5. The number of nitrogens with one attached hydrogen (secondary N) is 1. The van der Waals surface area contributed by atoms with Crippen molar-refractivity contribution in [2.24, 2.45) is 0 Å². The van der Waals surface area contributed by atoms with Gasteiger partial charge in [0.25, 0.3) is 0 Å². The van der Waals surface area contributed by atoms with Gasteiger partial charge in [-0.15, -0.1) is 10.2 Å². The summed E-state index contributed by atoms with van der Waals surface area (Å²) in [7, 11) is 0. The lowest BCUT2D eigenvalue weighted by Gasteiger charge is -2.18. The van der Waals surface area contributed by atoms with Crippen molar-refractivity contribution in [3.05, 3.63) is 11.8 Å². The Morgan fingerprint density at radius 2 is 2.40 bits per heavy atom. The molecular weight excluding hydrogens is 194 g/mol. The molecule has 1 aliphatic rings. The van der Waals surface area contributed by atoms with Crippen LogP contribution in [0.2, 0.25) is 0 Å². The first-order valence-corrected chi connectivity index (χ1v) is 5.39. The summed E-state index contributed by atoms with van der Waals surface area (Å²) in [6, 6.07) is 0.333. The molecule has 5 nitrogen and oxygen atoms in total. The number of hydrogen-bond donors (Lipinski definition) is 1. The van der Waals surface area contributed by atoms with Crippen LogP contribution in [0.5, 0.6) is 0 Å². The first-order chi connectivity index (χ1) is 7.25. The maximum Gasteiger partial charge on any atom is 0.230 e. The van der Waals surface area contributed by atoms with Gasteiger partial charge < -0.3 is 14.5 Å². The number of nitrogens with zero attached hydrogens (tertiary/aromatic N) is 2. The van der Waals surface area contributed by atoms with Gasteiger partial charge in [0.15, 0.2) is 0 Å². The van der Waals surface area contributed by atoms with E-state index in [0.29, 0.717) is 30.5 Å². The van der Waals surface area contributed by atoms with Crippen molar-refractivity contribution in [3.63, 3.8) is 0 Å². The summed E-state index contributed by atoms with van der Waals surface area (Å²) < 4.78 is 10.9. The van der Waals surface area contributed by atoms with E-state index in [2.05, 4.69) is 22.4 Å². The Morgan fingerprint density at radius 3 is 3.00 bits per heavy atom. The fourth-order valence-corrected chi connectivity index (χ4v) is 1.79. The Bertz CT molecular complexity index is 307. The molecule has 0 aromatic carbocycles. The normalized spacial score (nSPS) is 23.2. The topological polar surface area (TPSA) is 60.2 Å². The van der Waals surface area contributed by atoms with Gasteiger partial charge in [0.2, 0.25) is 11.8 Å². The highest BCUT2D eigenvalue weighted by atomic mass is 16.5. The molecule has 0 saturated carbocycles. The molecule has 0 radical (unpaired) electrons. The van der Waals surface area contributed by atoms with E-state index in [1.54, 1.807) is 6.92 Å². The van der Waals surface area contributed by atoms with Crippen LogP contribution >= 0.6 is 0 Å². The quantitative estimate of drug-likeness (QED) is 0.806. The molecule has 1 aliphatic heterocycles. The largest absolute Gasteiger partial charge is 0.424 e.